The van der Waals surface area contributed by atoms with Crippen molar-refractivity contribution in [2.45, 2.75) is 11.4 Å². The first-order valence-electron chi connectivity index (χ1n) is 4.35. The Morgan fingerprint density at radius 3 is 2.39 bits per heavy atom. The molecule has 98 valence electrons. The number of rotatable bonds is 1. The van der Waals surface area contributed by atoms with Crippen molar-refractivity contribution in [1.82, 2.24) is 0 Å². The Kier molecular flexibility index (Phi) is 2.47. The molecule has 6 nitrogen and oxygen atoms in total. The summed E-state index contributed by atoms with van der Waals surface area (Å²) in [5.41, 5.74) is 4.20. The molecule has 1 heterocycles. The van der Waals surface area contributed by atoms with Crippen LogP contribution in [0.15, 0.2) is 12.1 Å². The highest BCUT2D eigenvalue weighted by Gasteiger charge is 2.63. The zero-order valence-electron chi connectivity index (χ0n) is 8.32. The lowest BCUT2D eigenvalue weighted by molar-refractivity contribution is -0.384. The Balaban J connectivity index is 2.55. The maximum absolute atomic E-state index is 13.2. The maximum atomic E-state index is 13.2. The molecule has 2 N–H and O–H groups in total. The number of nitrogens with two attached hydrogens (primary N) is 1. The summed E-state index contributed by atoms with van der Waals surface area (Å²) in [6.45, 7) is 0. The van der Waals surface area contributed by atoms with Crippen LogP contribution in [0.1, 0.15) is 0 Å². The number of hydrogen-bond acceptors (Lipinski definition) is 5. The predicted molar refractivity (Wildman–Crippen MR) is 53.4 cm³/mol. The van der Waals surface area contributed by atoms with Gasteiger partial charge in [0.05, 0.1) is 11.0 Å². The quantitative estimate of drug-likeness (QED) is 0.370. The lowest BCUT2D eigenvalue weighted by atomic mass is 10.2. The normalized spacial score (nSPS) is 24.7. The highest BCUT2D eigenvalue weighted by molar-refractivity contribution is 6.22. The minimum absolute atomic E-state index is 0.403. The van der Waals surface area contributed by atoms with Crippen molar-refractivity contribution in [1.29, 1.82) is 0 Å². The number of halogens is 4. The fraction of sp³-hybridized carbons (Fsp3) is 0.250. The molecule has 0 radical (unpaired) electrons. The number of nitrogens with zero attached hydrogens (tertiary/aromatic N) is 1. The number of nitro benzene ring substituents is 1. The van der Waals surface area contributed by atoms with Gasteiger partial charge in [-0.1, -0.05) is 0 Å². The number of anilines is 1. The van der Waals surface area contributed by atoms with Crippen molar-refractivity contribution in [3.05, 3.63) is 22.2 Å². The first kappa shape index (κ1) is 12.6. The largest absolute Gasteiger partial charge is 0.488 e. The van der Waals surface area contributed by atoms with Gasteiger partial charge in [0, 0.05) is 6.07 Å². The molecule has 0 fully saturated rings. The second kappa shape index (κ2) is 3.55. The second-order valence-corrected chi connectivity index (χ2v) is 3.84. The van der Waals surface area contributed by atoms with E-state index in [1.54, 1.807) is 0 Å². The van der Waals surface area contributed by atoms with Gasteiger partial charge in [-0.25, -0.2) is 0 Å². The molecule has 2 rings (SSSR count). The van der Waals surface area contributed by atoms with Gasteiger partial charge < -0.3 is 15.2 Å². The van der Waals surface area contributed by atoms with Gasteiger partial charge in [0.25, 0.3) is 5.69 Å². The third-order valence-electron chi connectivity index (χ3n) is 2.10. The number of alkyl halides is 4. The minimum Gasteiger partial charge on any atom is -0.434 e. The van der Waals surface area contributed by atoms with Crippen molar-refractivity contribution in [2.24, 2.45) is 0 Å². The molecule has 0 saturated heterocycles. The van der Waals surface area contributed by atoms with Crippen LogP contribution in [-0.4, -0.2) is 16.3 Å². The SMILES string of the molecule is Nc1cc2c(cc1[N+](=O)[O-])OC(F)(F)[C@](F)(Cl)O2. The third-order valence-corrected chi connectivity index (χ3v) is 2.40. The summed E-state index contributed by atoms with van der Waals surface area (Å²) in [5, 5.41) is 6.62. The molecule has 1 aromatic rings. The Labute approximate surface area is 102 Å². The molecule has 10 heteroatoms. The number of nitro groups is 1. The molecule has 0 amide bonds. The summed E-state index contributed by atoms with van der Waals surface area (Å²) < 4.78 is 47.4. The summed E-state index contributed by atoms with van der Waals surface area (Å²) >= 11 is 4.81. The summed E-state index contributed by atoms with van der Waals surface area (Å²) in [7, 11) is 0. The first-order valence-corrected chi connectivity index (χ1v) is 4.73. The van der Waals surface area contributed by atoms with Crippen LogP contribution in [0.5, 0.6) is 11.5 Å². The predicted octanol–water partition coefficient (Wildman–Crippen LogP) is 2.40. The van der Waals surface area contributed by atoms with Gasteiger partial charge >= 0.3 is 11.4 Å². The maximum Gasteiger partial charge on any atom is 0.488 e. The van der Waals surface area contributed by atoms with Crippen LogP contribution in [0.3, 0.4) is 0 Å². The van der Waals surface area contributed by atoms with Gasteiger partial charge in [-0.2, -0.15) is 13.2 Å². The Morgan fingerprint density at radius 2 is 1.83 bits per heavy atom. The van der Waals surface area contributed by atoms with Crippen LogP contribution in [0.4, 0.5) is 24.5 Å². The number of fused-ring (bicyclic) bond motifs is 1. The topological polar surface area (TPSA) is 87.6 Å². The third kappa shape index (κ3) is 1.76. The number of hydrogen-bond donors (Lipinski definition) is 1. The van der Waals surface area contributed by atoms with Crippen molar-refractivity contribution in [2.75, 3.05) is 5.73 Å². The molecule has 1 aliphatic rings. The van der Waals surface area contributed by atoms with E-state index in [0.29, 0.717) is 6.07 Å². The van der Waals surface area contributed by atoms with Gasteiger partial charge in [0.2, 0.25) is 0 Å². The van der Waals surface area contributed by atoms with E-state index < -0.39 is 39.2 Å². The summed E-state index contributed by atoms with van der Waals surface area (Å²) in [4.78, 5) is 9.63. The van der Waals surface area contributed by atoms with E-state index in [9.17, 15) is 23.3 Å². The van der Waals surface area contributed by atoms with E-state index in [4.69, 9.17) is 17.3 Å². The number of ether oxygens (including phenoxy) is 2. The van der Waals surface area contributed by atoms with Crippen LogP contribution in [0, 0.1) is 10.1 Å². The van der Waals surface area contributed by atoms with E-state index >= 15 is 0 Å². The van der Waals surface area contributed by atoms with E-state index in [0.717, 1.165) is 6.07 Å². The fourth-order valence-electron chi connectivity index (χ4n) is 1.28. The molecule has 0 spiro atoms. The molecule has 0 aliphatic carbocycles. The lowest BCUT2D eigenvalue weighted by Crippen LogP contribution is -2.51. The van der Waals surface area contributed by atoms with E-state index in [1.165, 1.54) is 0 Å². The minimum atomic E-state index is -4.49. The van der Waals surface area contributed by atoms with Crippen LogP contribution < -0.4 is 15.2 Å². The van der Waals surface area contributed by atoms with Gasteiger partial charge in [0.1, 0.15) is 5.69 Å². The lowest BCUT2D eigenvalue weighted by Gasteiger charge is -2.33. The highest BCUT2D eigenvalue weighted by atomic mass is 35.5. The van der Waals surface area contributed by atoms with Gasteiger partial charge in [-0.3, -0.25) is 10.1 Å². The van der Waals surface area contributed by atoms with Crippen LogP contribution in [0.2, 0.25) is 0 Å². The van der Waals surface area contributed by atoms with Crippen molar-refractivity contribution < 1.29 is 27.6 Å². The van der Waals surface area contributed by atoms with Crippen LogP contribution >= 0.6 is 11.6 Å². The zero-order valence-corrected chi connectivity index (χ0v) is 9.08. The van der Waals surface area contributed by atoms with Crippen molar-refractivity contribution in [3.8, 4) is 11.5 Å². The van der Waals surface area contributed by atoms with Crippen LogP contribution in [0.25, 0.3) is 0 Å². The molecular weight excluding hydrogens is 281 g/mol. The van der Waals surface area contributed by atoms with E-state index in [2.05, 4.69) is 9.47 Å². The average Bonchev–Trinajstić information content (AvgIpc) is 2.18. The fourth-order valence-corrected chi connectivity index (χ4v) is 1.40. The second-order valence-electron chi connectivity index (χ2n) is 3.35. The monoisotopic (exact) mass is 284 g/mol. The Hall–Kier alpha value is -1.90. The summed E-state index contributed by atoms with van der Waals surface area (Å²) in [6, 6.07) is 1.38. The number of benzene rings is 1. The molecule has 0 aromatic heterocycles. The molecule has 1 aromatic carbocycles. The first-order chi connectivity index (χ1) is 8.14. The molecule has 18 heavy (non-hydrogen) atoms. The van der Waals surface area contributed by atoms with Gasteiger partial charge in [0.15, 0.2) is 11.5 Å². The van der Waals surface area contributed by atoms with E-state index in [-0.39, 0.29) is 0 Å². The van der Waals surface area contributed by atoms with Crippen molar-refractivity contribution in [3.63, 3.8) is 0 Å². The van der Waals surface area contributed by atoms with Crippen molar-refractivity contribution >= 4 is 23.0 Å². The molecule has 0 saturated carbocycles. The average molecular weight is 285 g/mol. The highest BCUT2D eigenvalue weighted by Crippen LogP contribution is 2.50. The Bertz CT molecular complexity index is 537. The summed E-state index contributed by atoms with van der Waals surface area (Å²) in [6.07, 6.45) is -4.49. The van der Waals surface area contributed by atoms with E-state index in [1.807, 2.05) is 0 Å². The molecular formula is C8H4ClF3N2O4. The summed E-state index contributed by atoms with van der Waals surface area (Å²) in [5.74, 6) is -1.28. The smallest absolute Gasteiger partial charge is 0.434 e. The Morgan fingerprint density at radius 1 is 1.28 bits per heavy atom. The standard InChI is InChI=1S/C8H4ClF3N2O4/c9-7(10)8(11,12)18-6-2-4(14(15)16)3(13)1-5(6)17-7/h1-2H,13H2/t7-/m1/s1. The van der Waals surface area contributed by atoms with Gasteiger partial charge in [-0.05, 0) is 11.6 Å². The van der Waals surface area contributed by atoms with Crippen LogP contribution in [-0.2, 0) is 0 Å². The molecule has 1 aliphatic heterocycles. The zero-order chi connectivity index (χ0) is 13.7. The molecule has 0 unspecified atom stereocenters. The molecule has 0 bridgehead atoms. The van der Waals surface area contributed by atoms with Gasteiger partial charge in [-0.15, -0.1) is 0 Å². The molecule has 1 atom stereocenters. The number of nitrogen functional groups attached to an aromatic ring is 1.